The largest absolute Gasteiger partial charge is 0.481 e. The number of allylic oxidation sites excluding steroid dienone is 2. The van der Waals surface area contributed by atoms with Gasteiger partial charge < -0.3 is 9.84 Å². The van der Waals surface area contributed by atoms with Gasteiger partial charge in [0.25, 0.3) is 0 Å². The molecule has 3 unspecified atom stereocenters. The first-order valence-corrected chi connectivity index (χ1v) is 9.69. The molecule has 0 spiro atoms. The fraction of sp³-hybridized carbons (Fsp3) is 0.545. The Hall–Kier alpha value is -1.94. The molecule has 2 saturated carbocycles. The number of benzene rings is 1. The second kappa shape index (κ2) is 9.13. The van der Waals surface area contributed by atoms with Crippen LogP contribution in [-0.4, -0.2) is 30.1 Å². The van der Waals surface area contributed by atoms with Gasteiger partial charge in [0, 0.05) is 18.9 Å². The van der Waals surface area contributed by atoms with E-state index in [4.69, 9.17) is 9.84 Å². The molecule has 2 fully saturated rings. The fourth-order valence-corrected chi connectivity index (χ4v) is 4.30. The molecule has 4 heteroatoms. The van der Waals surface area contributed by atoms with Gasteiger partial charge in [0.1, 0.15) is 5.78 Å². The predicted molar refractivity (Wildman–Crippen MR) is 99.8 cm³/mol. The van der Waals surface area contributed by atoms with Crippen molar-refractivity contribution < 1.29 is 19.4 Å². The SMILES string of the molecule is O=C(O)CCOCCC[C@@H]1C(=O)CC2C(/C=C/CCc3ccccc3)C21. The highest BCUT2D eigenvalue weighted by Crippen LogP contribution is 2.60. The Morgan fingerprint density at radius 3 is 2.81 bits per heavy atom. The zero-order valence-corrected chi connectivity index (χ0v) is 15.2. The van der Waals surface area contributed by atoms with Crippen LogP contribution in [-0.2, 0) is 20.7 Å². The summed E-state index contributed by atoms with van der Waals surface area (Å²) in [6.45, 7) is 0.804. The minimum Gasteiger partial charge on any atom is -0.481 e. The number of hydrogen-bond donors (Lipinski definition) is 1. The van der Waals surface area contributed by atoms with E-state index in [0.29, 0.717) is 30.1 Å². The topological polar surface area (TPSA) is 63.6 Å². The van der Waals surface area contributed by atoms with Crippen LogP contribution >= 0.6 is 0 Å². The Balaban J connectivity index is 1.34. The van der Waals surface area contributed by atoms with Crippen LogP contribution < -0.4 is 0 Å². The van der Waals surface area contributed by atoms with Crippen LogP contribution in [0.1, 0.15) is 37.7 Å². The molecular weight excluding hydrogens is 328 g/mol. The first kappa shape index (κ1) is 18.8. The van der Waals surface area contributed by atoms with Crippen molar-refractivity contribution in [1.29, 1.82) is 0 Å². The Kier molecular flexibility index (Phi) is 6.62. The Morgan fingerprint density at radius 1 is 1.23 bits per heavy atom. The van der Waals surface area contributed by atoms with E-state index in [1.165, 1.54) is 5.56 Å². The van der Waals surface area contributed by atoms with Gasteiger partial charge in [-0.3, -0.25) is 9.59 Å². The van der Waals surface area contributed by atoms with Gasteiger partial charge in [0.2, 0.25) is 0 Å². The van der Waals surface area contributed by atoms with E-state index in [1.54, 1.807) is 0 Å². The molecule has 26 heavy (non-hydrogen) atoms. The summed E-state index contributed by atoms with van der Waals surface area (Å²) in [6.07, 6.45) is 9.23. The van der Waals surface area contributed by atoms with Gasteiger partial charge in [0.05, 0.1) is 13.0 Å². The van der Waals surface area contributed by atoms with E-state index >= 15 is 0 Å². The average molecular weight is 356 g/mol. The molecule has 0 heterocycles. The third-order valence-electron chi connectivity index (χ3n) is 5.67. The van der Waals surface area contributed by atoms with Crippen molar-refractivity contribution in [3.05, 3.63) is 48.0 Å². The lowest BCUT2D eigenvalue weighted by atomic mass is 9.93. The Bertz CT molecular complexity index is 637. The number of aryl methyl sites for hydroxylation is 1. The zero-order chi connectivity index (χ0) is 18.4. The number of carbonyl (C=O) groups excluding carboxylic acids is 1. The van der Waals surface area contributed by atoms with E-state index < -0.39 is 5.97 Å². The van der Waals surface area contributed by atoms with E-state index in [9.17, 15) is 9.59 Å². The molecule has 1 N–H and O–H groups in total. The summed E-state index contributed by atoms with van der Waals surface area (Å²) in [6, 6.07) is 10.5. The second-order valence-corrected chi connectivity index (χ2v) is 7.45. The first-order chi connectivity index (χ1) is 12.7. The number of ketones is 1. The predicted octanol–water partition coefficient (Wildman–Crippen LogP) is 3.90. The molecule has 1 aromatic rings. The molecule has 1 aromatic carbocycles. The number of Topliss-reactive ketones (excluding diaryl/α,β-unsaturated/α-hetero) is 1. The third-order valence-corrected chi connectivity index (χ3v) is 5.67. The minimum absolute atomic E-state index is 0.0446. The molecular formula is C22H28O4. The Morgan fingerprint density at radius 2 is 2.04 bits per heavy atom. The summed E-state index contributed by atoms with van der Waals surface area (Å²) in [5.74, 6) is 1.45. The van der Waals surface area contributed by atoms with Crippen LogP contribution in [0.4, 0.5) is 0 Å². The van der Waals surface area contributed by atoms with Crippen molar-refractivity contribution in [2.75, 3.05) is 13.2 Å². The minimum atomic E-state index is -0.835. The average Bonchev–Trinajstić information content (AvgIpc) is 3.18. The van der Waals surface area contributed by atoms with Crippen molar-refractivity contribution in [3.8, 4) is 0 Å². The lowest BCUT2D eigenvalue weighted by Crippen LogP contribution is -2.14. The number of ether oxygens (including phenoxy) is 1. The summed E-state index contributed by atoms with van der Waals surface area (Å²) in [7, 11) is 0. The highest BCUT2D eigenvalue weighted by Gasteiger charge is 2.59. The maximum absolute atomic E-state index is 12.1. The van der Waals surface area contributed by atoms with Gasteiger partial charge in [-0.1, -0.05) is 42.5 Å². The molecule has 0 radical (unpaired) electrons. The van der Waals surface area contributed by atoms with Crippen molar-refractivity contribution >= 4 is 11.8 Å². The van der Waals surface area contributed by atoms with Crippen LogP contribution in [0.3, 0.4) is 0 Å². The highest BCUT2D eigenvalue weighted by atomic mass is 16.5. The van der Waals surface area contributed by atoms with Crippen LogP contribution in [0.25, 0.3) is 0 Å². The molecule has 0 aromatic heterocycles. The van der Waals surface area contributed by atoms with Gasteiger partial charge in [0.15, 0.2) is 0 Å². The number of hydrogen-bond acceptors (Lipinski definition) is 3. The van der Waals surface area contributed by atoms with Gasteiger partial charge in [-0.2, -0.15) is 0 Å². The number of rotatable bonds is 11. The van der Waals surface area contributed by atoms with E-state index in [2.05, 4.69) is 36.4 Å². The normalized spacial score (nSPS) is 27.0. The molecule has 140 valence electrons. The number of fused-ring (bicyclic) bond motifs is 1. The van der Waals surface area contributed by atoms with E-state index in [-0.39, 0.29) is 18.9 Å². The lowest BCUT2D eigenvalue weighted by molar-refractivity contribution is -0.138. The van der Waals surface area contributed by atoms with Crippen LogP contribution in [0.2, 0.25) is 0 Å². The van der Waals surface area contributed by atoms with Gasteiger partial charge in [-0.25, -0.2) is 0 Å². The third kappa shape index (κ3) is 5.04. The van der Waals surface area contributed by atoms with Crippen molar-refractivity contribution in [2.24, 2.45) is 23.7 Å². The lowest BCUT2D eigenvalue weighted by Gasteiger charge is -2.12. The summed E-state index contributed by atoms with van der Waals surface area (Å²) >= 11 is 0. The summed E-state index contributed by atoms with van der Waals surface area (Å²) in [4.78, 5) is 22.6. The van der Waals surface area contributed by atoms with Gasteiger partial charge >= 0.3 is 5.97 Å². The number of carboxylic acids is 1. The fourth-order valence-electron chi connectivity index (χ4n) is 4.30. The van der Waals surface area contributed by atoms with Crippen LogP contribution in [0.15, 0.2) is 42.5 Å². The molecule has 4 atom stereocenters. The molecule has 0 bridgehead atoms. The van der Waals surface area contributed by atoms with Crippen LogP contribution in [0, 0.1) is 23.7 Å². The molecule has 4 nitrogen and oxygen atoms in total. The molecule has 3 rings (SSSR count). The Labute approximate surface area is 155 Å². The maximum Gasteiger partial charge on any atom is 0.305 e. The molecule has 0 amide bonds. The van der Waals surface area contributed by atoms with Crippen molar-refractivity contribution in [3.63, 3.8) is 0 Å². The van der Waals surface area contributed by atoms with Gasteiger partial charge in [-0.05, 0) is 49.0 Å². The molecule has 0 saturated heterocycles. The highest BCUT2D eigenvalue weighted by molar-refractivity contribution is 5.85. The summed E-state index contributed by atoms with van der Waals surface area (Å²) < 4.78 is 5.33. The molecule has 2 aliphatic rings. The maximum atomic E-state index is 12.1. The van der Waals surface area contributed by atoms with Crippen LogP contribution in [0.5, 0.6) is 0 Å². The zero-order valence-electron chi connectivity index (χ0n) is 15.2. The quantitative estimate of drug-likeness (QED) is 0.482. The van der Waals surface area contributed by atoms with E-state index in [1.807, 2.05) is 6.07 Å². The second-order valence-electron chi connectivity index (χ2n) is 7.45. The number of carboxylic acid groups (broad SMARTS) is 1. The van der Waals surface area contributed by atoms with Gasteiger partial charge in [-0.15, -0.1) is 0 Å². The number of carbonyl (C=O) groups is 2. The monoisotopic (exact) mass is 356 g/mol. The summed E-state index contributed by atoms with van der Waals surface area (Å²) in [5, 5.41) is 8.57. The summed E-state index contributed by atoms with van der Waals surface area (Å²) in [5.41, 5.74) is 1.36. The standard InChI is InChI=1S/C22H28O4/c23-20-15-19-17(10-5-4-9-16-7-2-1-3-8-16)22(19)18(20)11-6-13-26-14-12-21(24)25/h1-3,5,7-8,10,17-19,22H,4,6,9,11-15H2,(H,24,25)/b10-5+/t17?,18-,19?,22?/m1/s1. The van der Waals surface area contributed by atoms with Crippen molar-refractivity contribution in [2.45, 2.75) is 38.5 Å². The van der Waals surface area contributed by atoms with E-state index in [0.717, 1.165) is 32.1 Å². The first-order valence-electron chi connectivity index (χ1n) is 9.69. The molecule has 2 aliphatic carbocycles. The molecule has 0 aliphatic heterocycles. The smallest absolute Gasteiger partial charge is 0.305 e. The van der Waals surface area contributed by atoms with Crippen molar-refractivity contribution in [1.82, 2.24) is 0 Å². The number of aliphatic carboxylic acids is 1.